The first-order chi connectivity index (χ1) is 7.45. The number of hydrogen-bond acceptors (Lipinski definition) is 4. The summed E-state index contributed by atoms with van der Waals surface area (Å²) in [6, 6.07) is 0. The van der Waals surface area contributed by atoms with Gasteiger partial charge in [0.15, 0.2) is 5.82 Å². The van der Waals surface area contributed by atoms with Crippen molar-refractivity contribution >= 4 is 28.4 Å². The van der Waals surface area contributed by atoms with E-state index in [-0.39, 0.29) is 0 Å². The summed E-state index contributed by atoms with van der Waals surface area (Å²) in [6.07, 6.45) is 2.42. The van der Waals surface area contributed by atoms with Crippen LogP contribution in [0.2, 0.25) is 0 Å². The normalized spacial score (nSPS) is 16.5. The number of rotatable bonds is 3. The van der Waals surface area contributed by atoms with Crippen LogP contribution in [0.15, 0.2) is 0 Å². The zero-order valence-electron chi connectivity index (χ0n) is 9.75. The van der Waals surface area contributed by atoms with E-state index in [9.17, 15) is 0 Å². The van der Waals surface area contributed by atoms with Crippen LogP contribution < -0.4 is 5.73 Å². The third-order valence-electron chi connectivity index (χ3n) is 2.92. The minimum atomic E-state index is -0.484. The van der Waals surface area contributed by atoms with E-state index in [1.165, 1.54) is 12.8 Å². The van der Waals surface area contributed by atoms with Crippen LogP contribution in [0.4, 0.5) is 5.82 Å². The first-order valence-electron chi connectivity index (χ1n) is 5.34. The molecule has 0 atom stereocenters. The summed E-state index contributed by atoms with van der Waals surface area (Å²) >= 11 is 2.23. The number of nitrogens with two attached hydrogens (primary N) is 1. The summed E-state index contributed by atoms with van der Waals surface area (Å²) in [7, 11) is 1.66. The van der Waals surface area contributed by atoms with Crippen molar-refractivity contribution in [1.82, 2.24) is 9.97 Å². The molecule has 1 aromatic rings. The van der Waals surface area contributed by atoms with Gasteiger partial charge in [0.05, 0.1) is 9.26 Å². The molecule has 0 aromatic carbocycles. The number of methoxy groups -OCH3 is 1. The molecule has 16 heavy (non-hydrogen) atoms. The van der Waals surface area contributed by atoms with Gasteiger partial charge in [-0.2, -0.15) is 0 Å². The summed E-state index contributed by atoms with van der Waals surface area (Å²) in [5.41, 5.74) is 6.53. The topological polar surface area (TPSA) is 61.0 Å². The summed E-state index contributed by atoms with van der Waals surface area (Å²) in [5, 5.41) is 0. The number of nitrogen functional groups attached to an aromatic ring is 1. The summed E-state index contributed by atoms with van der Waals surface area (Å²) in [4.78, 5) is 8.93. The molecule has 2 N–H and O–H groups in total. The Morgan fingerprint density at radius 2 is 2.00 bits per heavy atom. The van der Waals surface area contributed by atoms with Crippen LogP contribution in [0.25, 0.3) is 0 Å². The highest BCUT2D eigenvalue weighted by Gasteiger charge is 2.32. The fourth-order valence-corrected chi connectivity index (χ4v) is 2.15. The predicted molar refractivity (Wildman–Crippen MR) is 71.2 cm³/mol. The molecule has 1 fully saturated rings. The molecular weight excluding hydrogens is 317 g/mol. The van der Waals surface area contributed by atoms with Crippen LogP contribution >= 0.6 is 22.6 Å². The Kier molecular flexibility index (Phi) is 3.09. The van der Waals surface area contributed by atoms with Crippen molar-refractivity contribution in [1.29, 1.82) is 0 Å². The molecule has 1 aliphatic rings. The molecule has 0 aliphatic heterocycles. The van der Waals surface area contributed by atoms with E-state index in [1.54, 1.807) is 7.11 Å². The molecule has 1 aromatic heterocycles. The third-order valence-corrected chi connectivity index (χ3v) is 4.02. The van der Waals surface area contributed by atoms with Crippen molar-refractivity contribution in [2.75, 3.05) is 12.8 Å². The van der Waals surface area contributed by atoms with Crippen LogP contribution in [0, 0.1) is 3.57 Å². The van der Waals surface area contributed by atoms with Crippen molar-refractivity contribution in [3.8, 4) is 0 Å². The zero-order valence-corrected chi connectivity index (χ0v) is 11.9. The molecule has 0 radical (unpaired) electrons. The average Bonchev–Trinajstić information content (AvgIpc) is 3.05. The van der Waals surface area contributed by atoms with Crippen molar-refractivity contribution in [2.45, 2.75) is 38.2 Å². The van der Waals surface area contributed by atoms with Crippen LogP contribution in [-0.4, -0.2) is 17.1 Å². The average molecular weight is 333 g/mol. The Hall–Kier alpha value is -0.430. The number of anilines is 1. The Bertz CT molecular complexity index is 416. The van der Waals surface area contributed by atoms with Crippen LogP contribution in [-0.2, 0) is 10.3 Å². The van der Waals surface area contributed by atoms with Crippen molar-refractivity contribution in [3.05, 3.63) is 15.1 Å². The number of hydrogen-bond donors (Lipinski definition) is 1. The van der Waals surface area contributed by atoms with E-state index in [4.69, 9.17) is 10.5 Å². The van der Waals surface area contributed by atoms with Gasteiger partial charge in [0, 0.05) is 13.0 Å². The largest absolute Gasteiger partial charge is 0.383 e. The van der Waals surface area contributed by atoms with Crippen LogP contribution in [0.1, 0.15) is 44.1 Å². The maximum Gasteiger partial charge on any atom is 0.162 e. The van der Waals surface area contributed by atoms with Crippen LogP contribution in [0.3, 0.4) is 0 Å². The lowest BCUT2D eigenvalue weighted by molar-refractivity contribution is 0.0114. The number of halogens is 1. The van der Waals surface area contributed by atoms with E-state index in [0.29, 0.717) is 17.6 Å². The van der Waals surface area contributed by atoms with Crippen molar-refractivity contribution in [2.24, 2.45) is 0 Å². The minimum Gasteiger partial charge on any atom is -0.383 e. The Balaban J connectivity index is 2.48. The smallest absolute Gasteiger partial charge is 0.162 e. The molecule has 1 aliphatic carbocycles. The maximum atomic E-state index is 5.92. The van der Waals surface area contributed by atoms with Gasteiger partial charge in [-0.15, -0.1) is 0 Å². The van der Waals surface area contributed by atoms with E-state index in [0.717, 1.165) is 9.26 Å². The molecule has 1 heterocycles. The highest BCUT2D eigenvalue weighted by molar-refractivity contribution is 14.1. The molecule has 0 bridgehead atoms. The van der Waals surface area contributed by atoms with Gasteiger partial charge >= 0.3 is 0 Å². The van der Waals surface area contributed by atoms with Crippen molar-refractivity contribution in [3.63, 3.8) is 0 Å². The molecule has 0 spiro atoms. The van der Waals surface area contributed by atoms with E-state index >= 15 is 0 Å². The summed E-state index contributed by atoms with van der Waals surface area (Å²) in [5.74, 6) is 1.82. The lowest BCUT2D eigenvalue weighted by Gasteiger charge is -2.22. The lowest BCUT2D eigenvalue weighted by atomic mass is 10.1. The molecule has 2 rings (SSSR count). The van der Waals surface area contributed by atoms with Gasteiger partial charge in [0.1, 0.15) is 11.4 Å². The number of nitrogens with zero attached hydrogens (tertiary/aromatic N) is 2. The van der Waals surface area contributed by atoms with Gasteiger partial charge in [0.2, 0.25) is 0 Å². The molecule has 1 saturated carbocycles. The Labute approximate surface area is 109 Å². The quantitative estimate of drug-likeness (QED) is 0.863. The Morgan fingerprint density at radius 1 is 1.38 bits per heavy atom. The zero-order chi connectivity index (χ0) is 11.9. The molecule has 0 unspecified atom stereocenters. The standard InChI is InChI=1S/C11H16IN3O/c1-11(2,16-3)10-14-8(6-4-5-6)7(12)9(13)15-10/h6H,4-5H2,1-3H3,(H2,13,14,15). The van der Waals surface area contributed by atoms with Gasteiger partial charge in [-0.1, -0.05) is 0 Å². The SMILES string of the molecule is COC(C)(C)c1nc(N)c(I)c(C2CC2)n1. The van der Waals surface area contributed by atoms with Gasteiger partial charge in [0.25, 0.3) is 0 Å². The lowest BCUT2D eigenvalue weighted by Crippen LogP contribution is -2.24. The van der Waals surface area contributed by atoms with E-state index in [1.807, 2.05) is 13.8 Å². The monoisotopic (exact) mass is 333 g/mol. The fraction of sp³-hybridized carbons (Fsp3) is 0.636. The van der Waals surface area contributed by atoms with Crippen molar-refractivity contribution < 1.29 is 4.74 Å². The first-order valence-corrected chi connectivity index (χ1v) is 6.42. The number of ether oxygens (including phenoxy) is 1. The minimum absolute atomic E-state index is 0.484. The van der Waals surface area contributed by atoms with Gasteiger partial charge < -0.3 is 10.5 Å². The van der Waals surface area contributed by atoms with Gasteiger partial charge in [-0.25, -0.2) is 9.97 Å². The first kappa shape index (κ1) is 12.0. The van der Waals surface area contributed by atoms with E-state index < -0.39 is 5.60 Å². The second-order valence-electron chi connectivity index (χ2n) is 4.62. The number of aromatic nitrogens is 2. The third kappa shape index (κ3) is 2.15. The fourth-order valence-electron chi connectivity index (χ4n) is 1.47. The molecule has 0 amide bonds. The van der Waals surface area contributed by atoms with Gasteiger partial charge in [-0.05, 0) is 49.3 Å². The second kappa shape index (κ2) is 4.10. The van der Waals surface area contributed by atoms with Crippen LogP contribution in [0.5, 0.6) is 0 Å². The summed E-state index contributed by atoms with van der Waals surface area (Å²) in [6.45, 7) is 3.90. The summed E-state index contributed by atoms with van der Waals surface area (Å²) < 4.78 is 6.39. The van der Waals surface area contributed by atoms with E-state index in [2.05, 4.69) is 32.6 Å². The van der Waals surface area contributed by atoms with Gasteiger partial charge in [-0.3, -0.25) is 0 Å². The highest BCUT2D eigenvalue weighted by atomic mass is 127. The molecular formula is C11H16IN3O. The Morgan fingerprint density at radius 3 is 2.50 bits per heavy atom. The molecule has 4 nitrogen and oxygen atoms in total. The maximum absolute atomic E-state index is 5.92. The predicted octanol–water partition coefficient (Wildman–Crippen LogP) is 2.42. The highest BCUT2D eigenvalue weighted by Crippen LogP contribution is 2.42. The molecule has 5 heteroatoms. The molecule has 0 saturated heterocycles. The second-order valence-corrected chi connectivity index (χ2v) is 5.70. The molecule has 88 valence electrons.